The summed E-state index contributed by atoms with van der Waals surface area (Å²) in [5, 5.41) is 2.76. The van der Waals surface area contributed by atoms with E-state index in [-0.39, 0.29) is 18.4 Å². The molecule has 0 radical (unpaired) electrons. The molecule has 142 valence electrons. The Labute approximate surface area is 158 Å². The van der Waals surface area contributed by atoms with Crippen molar-refractivity contribution in [3.05, 3.63) is 65.7 Å². The fourth-order valence-electron chi connectivity index (χ4n) is 2.23. The highest BCUT2D eigenvalue weighted by Crippen LogP contribution is 2.11. The summed E-state index contributed by atoms with van der Waals surface area (Å²) in [5.41, 5.74) is 6.24. The van der Waals surface area contributed by atoms with Crippen molar-refractivity contribution in [2.75, 3.05) is 5.32 Å². The number of hydrazine groups is 1. The molecular weight excluding hydrogens is 346 g/mol. The highest BCUT2D eigenvalue weighted by molar-refractivity contribution is 5.96. The van der Waals surface area contributed by atoms with Crippen molar-refractivity contribution in [3.8, 4) is 0 Å². The average molecular weight is 369 g/mol. The van der Waals surface area contributed by atoms with Crippen LogP contribution in [0.1, 0.15) is 36.2 Å². The lowest BCUT2D eigenvalue weighted by atomic mass is 10.1. The molecule has 7 heteroatoms. The second-order valence-corrected chi connectivity index (χ2v) is 6.36. The summed E-state index contributed by atoms with van der Waals surface area (Å²) >= 11 is 0. The van der Waals surface area contributed by atoms with Crippen LogP contribution >= 0.6 is 0 Å². The Balaban J connectivity index is 1.76. The Morgan fingerprint density at radius 1 is 0.926 bits per heavy atom. The molecule has 27 heavy (non-hydrogen) atoms. The number of anilines is 1. The third-order valence-corrected chi connectivity index (χ3v) is 3.52. The molecule has 0 unspecified atom stereocenters. The van der Waals surface area contributed by atoms with Gasteiger partial charge in [-0.1, -0.05) is 44.2 Å². The lowest BCUT2D eigenvalue weighted by Crippen LogP contribution is -2.41. The van der Waals surface area contributed by atoms with E-state index in [2.05, 4.69) is 16.2 Å². The number of carbonyl (C=O) groups excluding carboxylic acids is 3. The van der Waals surface area contributed by atoms with E-state index in [4.69, 9.17) is 4.74 Å². The van der Waals surface area contributed by atoms with Gasteiger partial charge < -0.3 is 10.1 Å². The smallest absolute Gasteiger partial charge is 0.426 e. The van der Waals surface area contributed by atoms with Gasteiger partial charge in [-0.15, -0.1) is 0 Å². The summed E-state index contributed by atoms with van der Waals surface area (Å²) in [6, 6.07) is 15.6. The summed E-state index contributed by atoms with van der Waals surface area (Å²) in [7, 11) is 0. The summed E-state index contributed by atoms with van der Waals surface area (Å²) in [4.78, 5) is 35.4. The number of hydrogen-bond acceptors (Lipinski definition) is 4. The molecule has 0 atom stereocenters. The number of hydrogen-bond donors (Lipinski definition) is 3. The van der Waals surface area contributed by atoms with Gasteiger partial charge in [0.1, 0.15) is 6.61 Å². The fraction of sp³-hybridized carbons (Fsp3) is 0.250. The Kier molecular flexibility index (Phi) is 7.37. The van der Waals surface area contributed by atoms with Crippen molar-refractivity contribution in [2.45, 2.75) is 26.9 Å². The van der Waals surface area contributed by atoms with E-state index >= 15 is 0 Å². The van der Waals surface area contributed by atoms with E-state index < -0.39 is 12.0 Å². The van der Waals surface area contributed by atoms with Gasteiger partial charge in [0.25, 0.3) is 5.91 Å². The SMILES string of the molecule is CC(C)CC(=O)Nc1ccc(C(=O)NNC(=O)OCc2ccccc2)cc1. The molecule has 2 aromatic carbocycles. The van der Waals surface area contributed by atoms with Gasteiger partial charge in [0, 0.05) is 17.7 Å². The Hall–Kier alpha value is -3.35. The van der Waals surface area contributed by atoms with Gasteiger partial charge in [-0.05, 0) is 35.7 Å². The zero-order valence-electron chi connectivity index (χ0n) is 15.3. The molecule has 0 saturated carbocycles. The Bertz CT molecular complexity index is 774. The first-order valence-corrected chi connectivity index (χ1v) is 8.61. The molecule has 7 nitrogen and oxygen atoms in total. The first-order chi connectivity index (χ1) is 12.9. The molecule has 2 aromatic rings. The minimum absolute atomic E-state index is 0.0787. The van der Waals surface area contributed by atoms with Gasteiger partial charge >= 0.3 is 6.09 Å². The highest BCUT2D eigenvalue weighted by Gasteiger charge is 2.09. The van der Waals surface area contributed by atoms with E-state index in [1.54, 1.807) is 24.3 Å². The largest absolute Gasteiger partial charge is 0.443 e. The molecule has 0 spiro atoms. The van der Waals surface area contributed by atoms with Gasteiger partial charge in [-0.2, -0.15) is 0 Å². The lowest BCUT2D eigenvalue weighted by molar-refractivity contribution is -0.116. The molecule has 0 aliphatic rings. The van der Waals surface area contributed by atoms with Crippen molar-refractivity contribution < 1.29 is 19.1 Å². The van der Waals surface area contributed by atoms with Crippen molar-refractivity contribution in [3.63, 3.8) is 0 Å². The molecule has 3 N–H and O–H groups in total. The van der Waals surface area contributed by atoms with Crippen LogP contribution in [0.2, 0.25) is 0 Å². The number of rotatable bonds is 6. The number of ether oxygens (including phenoxy) is 1. The van der Waals surface area contributed by atoms with E-state index in [1.807, 2.05) is 44.2 Å². The van der Waals surface area contributed by atoms with Crippen LogP contribution in [-0.4, -0.2) is 17.9 Å². The third-order valence-electron chi connectivity index (χ3n) is 3.52. The molecule has 0 aromatic heterocycles. The standard InChI is InChI=1S/C20H23N3O4/c1-14(2)12-18(24)21-17-10-8-16(9-11-17)19(25)22-23-20(26)27-13-15-6-4-3-5-7-15/h3-11,14H,12-13H2,1-2H3,(H,21,24)(H,22,25)(H,23,26). The highest BCUT2D eigenvalue weighted by atomic mass is 16.6. The van der Waals surface area contributed by atoms with E-state index in [1.165, 1.54) is 0 Å². The first-order valence-electron chi connectivity index (χ1n) is 8.61. The van der Waals surface area contributed by atoms with Gasteiger partial charge in [-0.3, -0.25) is 15.0 Å². The monoisotopic (exact) mass is 369 g/mol. The molecule has 0 aliphatic heterocycles. The van der Waals surface area contributed by atoms with Crippen molar-refractivity contribution in [1.82, 2.24) is 10.9 Å². The number of benzene rings is 2. The zero-order chi connectivity index (χ0) is 19.6. The second kappa shape index (κ2) is 9.96. The topological polar surface area (TPSA) is 96.5 Å². The Morgan fingerprint density at radius 2 is 1.59 bits per heavy atom. The minimum atomic E-state index is -0.759. The summed E-state index contributed by atoms with van der Waals surface area (Å²) < 4.78 is 5.00. The molecular formula is C20H23N3O4. The van der Waals surface area contributed by atoms with Gasteiger partial charge in [-0.25, -0.2) is 10.2 Å². The normalized spacial score (nSPS) is 10.2. The van der Waals surface area contributed by atoms with Crippen molar-refractivity contribution in [2.24, 2.45) is 5.92 Å². The third kappa shape index (κ3) is 7.19. The number of carbonyl (C=O) groups is 3. The van der Waals surface area contributed by atoms with Gasteiger partial charge in [0.05, 0.1) is 0 Å². The van der Waals surface area contributed by atoms with E-state index in [0.29, 0.717) is 17.7 Å². The maximum Gasteiger partial charge on any atom is 0.426 e. The second-order valence-electron chi connectivity index (χ2n) is 6.36. The van der Waals surface area contributed by atoms with Crippen molar-refractivity contribution in [1.29, 1.82) is 0 Å². The van der Waals surface area contributed by atoms with E-state index in [9.17, 15) is 14.4 Å². The number of amides is 3. The number of nitrogens with one attached hydrogen (secondary N) is 3. The predicted molar refractivity (Wildman–Crippen MR) is 102 cm³/mol. The summed E-state index contributed by atoms with van der Waals surface area (Å²) in [6.45, 7) is 4.03. The zero-order valence-corrected chi connectivity index (χ0v) is 15.3. The molecule has 0 saturated heterocycles. The van der Waals surface area contributed by atoms with Crippen LogP contribution in [0.3, 0.4) is 0 Å². The molecule has 0 aliphatic carbocycles. The maximum atomic E-state index is 12.0. The molecule has 0 heterocycles. The van der Waals surface area contributed by atoms with Crippen LogP contribution in [0.25, 0.3) is 0 Å². The van der Waals surface area contributed by atoms with Crippen LogP contribution in [0.5, 0.6) is 0 Å². The van der Waals surface area contributed by atoms with Crippen molar-refractivity contribution >= 4 is 23.6 Å². The maximum absolute atomic E-state index is 12.0. The van der Waals surface area contributed by atoms with Crippen LogP contribution in [-0.2, 0) is 16.1 Å². The van der Waals surface area contributed by atoms with Crippen LogP contribution in [0.15, 0.2) is 54.6 Å². The van der Waals surface area contributed by atoms with Crippen LogP contribution < -0.4 is 16.2 Å². The molecule has 0 fully saturated rings. The summed E-state index contributed by atoms with van der Waals surface area (Å²) in [5.74, 6) is -0.306. The lowest BCUT2D eigenvalue weighted by Gasteiger charge is -2.10. The Morgan fingerprint density at radius 3 is 2.22 bits per heavy atom. The summed E-state index contributed by atoms with van der Waals surface area (Å²) in [6.07, 6.45) is -0.332. The van der Waals surface area contributed by atoms with Crippen LogP contribution in [0, 0.1) is 5.92 Å². The molecule has 3 amide bonds. The van der Waals surface area contributed by atoms with Crippen LogP contribution in [0.4, 0.5) is 10.5 Å². The average Bonchev–Trinajstić information content (AvgIpc) is 2.65. The predicted octanol–water partition coefficient (Wildman–Crippen LogP) is 3.24. The quantitative estimate of drug-likeness (QED) is 0.681. The first kappa shape index (κ1) is 20.0. The molecule has 2 rings (SSSR count). The van der Waals surface area contributed by atoms with E-state index in [0.717, 1.165) is 5.56 Å². The minimum Gasteiger partial charge on any atom is -0.443 e. The van der Waals surface area contributed by atoms with Gasteiger partial charge in [0.2, 0.25) is 5.91 Å². The molecule has 0 bridgehead atoms. The fourth-order valence-corrected chi connectivity index (χ4v) is 2.23. The van der Waals surface area contributed by atoms with Gasteiger partial charge in [0.15, 0.2) is 0 Å².